The number of rotatable bonds is 1. The predicted octanol–water partition coefficient (Wildman–Crippen LogP) is 2.57. The molecular formula is C10H15NO2. The molecule has 0 amide bonds. The van der Waals surface area contributed by atoms with Crippen LogP contribution < -0.4 is 5.23 Å². The number of hydrogen-bond acceptors (Lipinski definition) is 3. The molecule has 0 bridgehead atoms. The van der Waals surface area contributed by atoms with E-state index >= 15 is 0 Å². The molecule has 0 fully saturated rings. The first-order valence-corrected chi connectivity index (χ1v) is 4.19. The zero-order valence-electron chi connectivity index (χ0n) is 8.15. The summed E-state index contributed by atoms with van der Waals surface area (Å²) in [7, 11) is 0. The van der Waals surface area contributed by atoms with Crippen molar-refractivity contribution in [1.29, 1.82) is 0 Å². The number of benzene rings is 1. The molecule has 0 aliphatic heterocycles. The van der Waals surface area contributed by atoms with Crippen molar-refractivity contribution in [2.24, 2.45) is 0 Å². The summed E-state index contributed by atoms with van der Waals surface area (Å²) in [4.78, 5) is 0. The van der Waals surface area contributed by atoms with Gasteiger partial charge in [0.25, 0.3) is 0 Å². The Kier molecular flexibility index (Phi) is 2.59. The van der Waals surface area contributed by atoms with Crippen LogP contribution in [0.2, 0.25) is 0 Å². The van der Waals surface area contributed by atoms with Crippen LogP contribution in [0.3, 0.4) is 0 Å². The Morgan fingerprint density at radius 1 is 1.00 bits per heavy atom. The quantitative estimate of drug-likeness (QED) is 0.654. The van der Waals surface area contributed by atoms with Crippen LogP contribution >= 0.6 is 0 Å². The first-order chi connectivity index (χ1) is 5.91. The van der Waals surface area contributed by atoms with Gasteiger partial charge in [-0.1, -0.05) is 32.9 Å². The fraction of sp³-hybridized carbons (Fsp3) is 0.400. The zero-order valence-corrected chi connectivity index (χ0v) is 8.15. The zero-order chi connectivity index (χ0) is 10.1. The molecule has 0 atom stereocenters. The molecule has 72 valence electrons. The molecule has 2 N–H and O–H groups in total. The van der Waals surface area contributed by atoms with E-state index in [2.05, 4.69) is 20.8 Å². The fourth-order valence-electron chi connectivity index (χ4n) is 1.09. The van der Waals surface area contributed by atoms with Crippen LogP contribution in [0.4, 0.5) is 5.69 Å². The largest absolute Gasteiger partial charge is 0.264 e. The summed E-state index contributed by atoms with van der Waals surface area (Å²) in [6.45, 7) is 6.33. The third-order valence-corrected chi connectivity index (χ3v) is 1.96. The molecule has 0 spiro atoms. The molecule has 3 heteroatoms. The molecular weight excluding hydrogens is 166 g/mol. The molecule has 0 saturated carbocycles. The van der Waals surface area contributed by atoms with Crippen molar-refractivity contribution in [3.05, 3.63) is 29.8 Å². The van der Waals surface area contributed by atoms with Gasteiger partial charge in [-0.25, -0.2) is 0 Å². The molecule has 0 radical (unpaired) electrons. The minimum atomic E-state index is 0.0915. The van der Waals surface area contributed by atoms with E-state index in [1.807, 2.05) is 12.1 Å². The maximum absolute atomic E-state index is 8.71. The van der Waals surface area contributed by atoms with Crippen LogP contribution in [0.15, 0.2) is 24.3 Å². The van der Waals surface area contributed by atoms with Gasteiger partial charge in [0.1, 0.15) is 0 Å². The van der Waals surface area contributed by atoms with E-state index in [-0.39, 0.29) is 10.6 Å². The Balaban J connectivity index is 2.94. The van der Waals surface area contributed by atoms with Gasteiger partial charge in [-0.3, -0.25) is 10.4 Å². The highest BCUT2D eigenvalue weighted by molar-refractivity contribution is 5.43. The van der Waals surface area contributed by atoms with Crippen LogP contribution in [-0.2, 0) is 5.41 Å². The van der Waals surface area contributed by atoms with Crippen molar-refractivity contribution in [1.82, 2.24) is 0 Å². The van der Waals surface area contributed by atoms with Crippen LogP contribution in [0.1, 0.15) is 26.3 Å². The smallest absolute Gasteiger partial charge is 0.0942 e. The second kappa shape index (κ2) is 3.36. The van der Waals surface area contributed by atoms with Gasteiger partial charge in [0, 0.05) is 0 Å². The molecule has 1 rings (SSSR count). The molecule has 1 aromatic carbocycles. The van der Waals surface area contributed by atoms with Crippen LogP contribution in [0.25, 0.3) is 0 Å². The van der Waals surface area contributed by atoms with E-state index in [9.17, 15) is 0 Å². The van der Waals surface area contributed by atoms with E-state index in [0.29, 0.717) is 5.69 Å². The molecule has 3 nitrogen and oxygen atoms in total. The summed E-state index contributed by atoms with van der Waals surface area (Å²) in [5.74, 6) is 0. The Morgan fingerprint density at radius 2 is 1.46 bits per heavy atom. The van der Waals surface area contributed by atoms with Gasteiger partial charge in [0.05, 0.1) is 5.69 Å². The molecule has 0 heterocycles. The SMILES string of the molecule is CC(C)(C)c1ccc(N(O)O)cc1. The normalized spacial score (nSPS) is 11.5. The third kappa shape index (κ3) is 2.44. The van der Waals surface area contributed by atoms with Crippen molar-refractivity contribution in [3.63, 3.8) is 0 Å². The standard InChI is InChI=1S/C10H15NO2/c1-10(2,3)8-4-6-9(7-5-8)11(12)13/h4-7,12-13H,1-3H3. The Hall–Kier alpha value is -1.06. The molecule has 0 aromatic heterocycles. The van der Waals surface area contributed by atoms with Gasteiger partial charge in [-0.2, -0.15) is 0 Å². The average molecular weight is 181 g/mol. The van der Waals surface area contributed by atoms with Crippen molar-refractivity contribution < 1.29 is 10.4 Å². The van der Waals surface area contributed by atoms with Gasteiger partial charge < -0.3 is 0 Å². The molecule has 13 heavy (non-hydrogen) atoms. The molecule has 0 aliphatic carbocycles. The van der Waals surface area contributed by atoms with E-state index in [1.165, 1.54) is 0 Å². The van der Waals surface area contributed by atoms with Crippen molar-refractivity contribution in [2.45, 2.75) is 26.2 Å². The second-order valence-electron chi connectivity index (χ2n) is 4.09. The van der Waals surface area contributed by atoms with Crippen LogP contribution in [0.5, 0.6) is 0 Å². The summed E-state index contributed by atoms with van der Waals surface area (Å²) in [6, 6.07) is 7.10. The van der Waals surface area contributed by atoms with Gasteiger partial charge in [0.2, 0.25) is 0 Å². The average Bonchev–Trinajstić information content (AvgIpc) is 2.03. The molecule has 0 aliphatic rings. The van der Waals surface area contributed by atoms with E-state index in [1.54, 1.807) is 12.1 Å². The predicted molar refractivity (Wildman–Crippen MR) is 51.2 cm³/mol. The van der Waals surface area contributed by atoms with E-state index < -0.39 is 0 Å². The number of nitrogens with zero attached hydrogens (tertiary/aromatic N) is 1. The lowest BCUT2D eigenvalue weighted by Gasteiger charge is -2.19. The summed E-state index contributed by atoms with van der Waals surface area (Å²) in [6.07, 6.45) is 0. The molecule has 0 unspecified atom stereocenters. The summed E-state index contributed by atoms with van der Waals surface area (Å²) >= 11 is 0. The van der Waals surface area contributed by atoms with Crippen LogP contribution in [-0.4, -0.2) is 10.4 Å². The van der Waals surface area contributed by atoms with Crippen molar-refractivity contribution in [2.75, 3.05) is 5.23 Å². The summed E-state index contributed by atoms with van der Waals surface area (Å²) < 4.78 is 0. The van der Waals surface area contributed by atoms with E-state index in [0.717, 1.165) is 5.56 Å². The first kappa shape index (κ1) is 10.0. The summed E-state index contributed by atoms with van der Waals surface area (Å²) in [5.41, 5.74) is 1.62. The lowest BCUT2D eigenvalue weighted by molar-refractivity contribution is 0.0291. The van der Waals surface area contributed by atoms with Crippen molar-refractivity contribution >= 4 is 5.69 Å². The lowest BCUT2D eigenvalue weighted by atomic mass is 9.87. The van der Waals surface area contributed by atoms with Gasteiger partial charge in [-0.05, 0) is 23.1 Å². The highest BCUT2D eigenvalue weighted by Gasteiger charge is 2.13. The maximum atomic E-state index is 8.71. The van der Waals surface area contributed by atoms with Gasteiger partial charge in [-0.15, -0.1) is 5.23 Å². The van der Waals surface area contributed by atoms with Gasteiger partial charge in [0.15, 0.2) is 0 Å². The first-order valence-electron chi connectivity index (χ1n) is 4.19. The highest BCUT2D eigenvalue weighted by Crippen LogP contribution is 2.23. The van der Waals surface area contributed by atoms with E-state index in [4.69, 9.17) is 10.4 Å². The Morgan fingerprint density at radius 3 is 1.77 bits per heavy atom. The second-order valence-corrected chi connectivity index (χ2v) is 4.09. The number of hydrogen-bond donors (Lipinski definition) is 2. The Bertz CT molecular complexity index is 272. The molecule has 0 saturated heterocycles. The summed E-state index contributed by atoms with van der Waals surface area (Å²) in [5, 5.41) is 17.5. The van der Waals surface area contributed by atoms with Gasteiger partial charge >= 0.3 is 0 Å². The minimum Gasteiger partial charge on any atom is -0.264 e. The minimum absolute atomic E-state index is 0.0915. The number of anilines is 1. The van der Waals surface area contributed by atoms with Crippen LogP contribution in [0, 0.1) is 0 Å². The Labute approximate surface area is 78.1 Å². The maximum Gasteiger partial charge on any atom is 0.0942 e. The third-order valence-electron chi connectivity index (χ3n) is 1.96. The topological polar surface area (TPSA) is 43.7 Å². The monoisotopic (exact) mass is 181 g/mol. The molecule has 1 aromatic rings. The lowest BCUT2D eigenvalue weighted by Crippen LogP contribution is -2.13. The van der Waals surface area contributed by atoms with Crippen molar-refractivity contribution in [3.8, 4) is 0 Å². The highest BCUT2D eigenvalue weighted by atomic mass is 16.8. The fourth-order valence-corrected chi connectivity index (χ4v) is 1.09.